The van der Waals surface area contributed by atoms with Crippen LogP contribution in [0, 0.1) is 5.82 Å². The first-order valence-corrected chi connectivity index (χ1v) is 9.91. The number of halogens is 1. The zero-order chi connectivity index (χ0) is 22.3. The molecule has 0 spiro atoms. The van der Waals surface area contributed by atoms with Crippen molar-refractivity contribution in [2.45, 2.75) is 0 Å². The van der Waals surface area contributed by atoms with Crippen molar-refractivity contribution in [3.63, 3.8) is 0 Å². The van der Waals surface area contributed by atoms with Crippen LogP contribution in [0.1, 0.15) is 31.2 Å². The van der Waals surface area contributed by atoms with E-state index in [1.165, 1.54) is 4.40 Å². The molecule has 158 valence electrons. The van der Waals surface area contributed by atoms with Crippen LogP contribution in [0.15, 0.2) is 41.8 Å². The van der Waals surface area contributed by atoms with E-state index in [0.717, 1.165) is 32.7 Å². The monoisotopic (exact) mass is 441 g/mol. The van der Waals surface area contributed by atoms with E-state index in [2.05, 4.69) is 0 Å². The van der Waals surface area contributed by atoms with Gasteiger partial charge in [-0.2, -0.15) is 0 Å². The lowest BCUT2D eigenvalue weighted by atomic mass is 10.1. The van der Waals surface area contributed by atoms with Gasteiger partial charge in [0.2, 0.25) is 0 Å². The Bertz CT molecular complexity index is 1360. The third-order valence-electron chi connectivity index (χ3n) is 4.92. The highest BCUT2D eigenvalue weighted by Crippen LogP contribution is 2.40. The molecule has 0 aliphatic rings. The summed E-state index contributed by atoms with van der Waals surface area (Å²) in [7, 11) is 3.40. The van der Waals surface area contributed by atoms with Gasteiger partial charge in [0, 0.05) is 10.9 Å². The number of esters is 3. The molecule has 0 amide bonds. The number of ether oxygens (including phenoxy) is 3. The van der Waals surface area contributed by atoms with Gasteiger partial charge in [-0.05, 0) is 11.4 Å². The maximum atomic E-state index is 15.8. The molecule has 7 nitrogen and oxygen atoms in total. The minimum Gasteiger partial charge on any atom is -0.465 e. The lowest BCUT2D eigenvalue weighted by Gasteiger charge is -2.13. The fraction of sp³-hybridized carbons (Fsp3) is 0.136. The second kappa shape index (κ2) is 7.84. The van der Waals surface area contributed by atoms with Crippen molar-refractivity contribution in [2.75, 3.05) is 21.3 Å². The number of fused-ring (bicyclic) bond motifs is 3. The number of rotatable bonds is 4. The van der Waals surface area contributed by atoms with Crippen molar-refractivity contribution in [1.29, 1.82) is 0 Å². The summed E-state index contributed by atoms with van der Waals surface area (Å²) in [5, 5.41) is 1.90. The first kappa shape index (κ1) is 20.5. The normalized spacial score (nSPS) is 11.0. The first-order chi connectivity index (χ1) is 15.0. The maximum absolute atomic E-state index is 15.8. The lowest BCUT2D eigenvalue weighted by molar-refractivity contribution is 0.0536. The van der Waals surface area contributed by atoms with Crippen molar-refractivity contribution in [1.82, 2.24) is 4.40 Å². The number of thiophene rings is 1. The molecule has 0 saturated heterocycles. The van der Waals surface area contributed by atoms with Crippen molar-refractivity contribution in [3.05, 3.63) is 64.4 Å². The average molecular weight is 441 g/mol. The van der Waals surface area contributed by atoms with E-state index in [1.807, 2.05) is 0 Å². The van der Waals surface area contributed by atoms with E-state index < -0.39 is 23.7 Å². The number of carbonyl (C=O) groups excluding carboxylic acids is 3. The minimum atomic E-state index is -0.950. The van der Waals surface area contributed by atoms with Crippen LogP contribution >= 0.6 is 11.3 Å². The van der Waals surface area contributed by atoms with Crippen LogP contribution in [0.2, 0.25) is 0 Å². The summed E-state index contributed by atoms with van der Waals surface area (Å²) in [4.78, 5) is 38.4. The Kier molecular flexibility index (Phi) is 5.20. The van der Waals surface area contributed by atoms with Crippen LogP contribution in [0.25, 0.3) is 26.9 Å². The van der Waals surface area contributed by atoms with Crippen LogP contribution in [0.3, 0.4) is 0 Å². The van der Waals surface area contributed by atoms with E-state index in [9.17, 15) is 14.4 Å². The van der Waals surface area contributed by atoms with E-state index in [0.29, 0.717) is 10.3 Å². The van der Waals surface area contributed by atoms with Crippen molar-refractivity contribution in [2.24, 2.45) is 0 Å². The van der Waals surface area contributed by atoms with E-state index >= 15 is 4.39 Å². The number of methoxy groups -OCH3 is 3. The summed E-state index contributed by atoms with van der Waals surface area (Å²) < 4.78 is 32.0. The van der Waals surface area contributed by atoms with E-state index in [4.69, 9.17) is 14.2 Å². The van der Waals surface area contributed by atoms with Crippen molar-refractivity contribution >= 4 is 44.8 Å². The van der Waals surface area contributed by atoms with Crippen LogP contribution < -0.4 is 0 Å². The Morgan fingerprint density at radius 2 is 1.48 bits per heavy atom. The predicted molar refractivity (Wildman–Crippen MR) is 112 cm³/mol. The molecule has 0 saturated carbocycles. The molecule has 3 aromatic heterocycles. The average Bonchev–Trinajstić information content (AvgIpc) is 3.41. The zero-order valence-electron chi connectivity index (χ0n) is 16.7. The summed E-state index contributed by atoms with van der Waals surface area (Å²) in [6, 6.07) is 10.1. The quantitative estimate of drug-likeness (QED) is 0.347. The van der Waals surface area contributed by atoms with Gasteiger partial charge in [0.05, 0.1) is 37.2 Å². The Labute approximate surface area is 179 Å². The van der Waals surface area contributed by atoms with E-state index in [1.54, 1.807) is 41.8 Å². The van der Waals surface area contributed by atoms with E-state index in [-0.39, 0.29) is 33.4 Å². The van der Waals surface area contributed by atoms with Gasteiger partial charge in [-0.1, -0.05) is 30.3 Å². The summed E-state index contributed by atoms with van der Waals surface area (Å²) >= 11 is 1.16. The molecule has 0 fully saturated rings. The van der Waals surface area contributed by atoms with Gasteiger partial charge in [-0.15, -0.1) is 11.3 Å². The van der Waals surface area contributed by atoms with Gasteiger partial charge in [-0.25, -0.2) is 18.8 Å². The number of hydrogen-bond acceptors (Lipinski definition) is 7. The summed E-state index contributed by atoms with van der Waals surface area (Å²) in [6.45, 7) is 0. The molecule has 4 aromatic rings. The molecule has 0 bridgehead atoms. The molecule has 9 heteroatoms. The molecule has 31 heavy (non-hydrogen) atoms. The van der Waals surface area contributed by atoms with Gasteiger partial charge < -0.3 is 14.2 Å². The maximum Gasteiger partial charge on any atom is 0.355 e. The molecule has 0 unspecified atom stereocenters. The smallest absolute Gasteiger partial charge is 0.355 e. The highest BCUT2D eigenvalue weighted by molar-refractivity contribution is 7.18. The number of benzene rings is 1. The molecule has 0 aliphatic carbocycles. The van der Waals surface area contributed by atoms with Crippen molar-refractivity contribution in [3.8, 4) is 11.3 Å². The summed E-state index contributed by atoms with van der Waals surface area (Å²) in [5.74, 6) is -3.36. The Morgan fingerprint density at radius 3 is 2.10 bits per heavy atom. The number of nitrogens with zero attached hydrogens (tertiary/aromatic N) is 1. The van der Waals surface area contributed by atoms with Gasteiger partial charge in [-0.3, -0.25) is 4.40 Å². The van der Waals surface area contributed by atoms with Gasteiger partial charge >= 0.3 is 17.9 Å². The number of hydrogen-bond donors (Lipinski definition) is 0. The van der Waals surface area contributed by atoms with Gasteiger partial charge in [0.1, 0.15) is 16.8 Å². The molecule has 3 heterocycles. The third kappa shape index (κ3) is 2.97. The Balaban J connectivity index is 2.38. The van der Waals surface area contributed by atoms with Gasteiger partial charge in [0.25, 0.3) is 0 Å². The second-order valence-corrected chi connectivity index (χ2v) is 7.37. The molecule has 0 N–H and O–H groups in total. The minimum absolute atomic E-state index is 0.00204. The third-order valence-corrected chi connectivity index (χ3v) is 5.85. The molecule has 0 radical (unpaired) electrons. The van der Waals surface area contributed by atoms with Crippen LogP contribution in [0.5, 0.6) is 0 Å². The molecule has 0 atom stereocenters. The van der Waals surface area contributed by atoms with Crippen LogP contribution in [-0.4, -0.2) is 43.6 Å². The fourth-order valence-electron chi connectivity index (χ4n) is 3.65. The summed E-state index contributed by atoms with van der Waals surface area (Å²) in [5.41, 5.74) is -0.262. The molecule has 4 rings (SSSR count). The summed E-state index contributed by atoms with van der Waals surface area (Å²) in [6.07, 6.45) is 0. The lowest BCUT2D eigenvalue weighted by Crippen LogP contribution is -2.16. The fourth-order valence-corrected chi connectivity index (χ4v) is 4.58. The molecular weight excluding hydrogens is 425 g/mol. The Hall–Kier alpha value is -3.72. The topological polar surface area (TPSA) is 83.3 Å². The number of pyridine rings is 1. The number of carbonyl (C=O) groups is 3. The van der Waals surface area contributed by atoms with Crippen LogP contribution in [0.4, 0.5) is 4.39 Å². The second-order valence-electron chi connectivity index (χ2n) is 6.45. The largest absolute Gasteiger partial charge is 0.465 e. The molecule has 1 aromatic carbocycles. The SMILES string of the molecule is COC(=O)c1c(C(=O)OC)c2c3sccc3c(F)c(-c3ccccc3)n2c1C(=O)OC. The van der Waals surface area contributed by atoms with Crippen LogP contribution in [-0.2, 0) is 14.2 Å². The zero-order valence-corrected chi connectivity index (χ0v) is 17.5. The van der Waals surface area contributed by atoms with Crippen molar-refractivity contribution < 1.29 is 33.0 Å². The Morgan fingerprint density at radius 1 is 0.871 bits per heavy atom. The highest BCUT2D eigenvalue weighted by atomic mass is 32.1. The molecular formula is C22H16FNO6S. The van der Waals surface area contributed by atoms with Gasteiger partial charge in [0.15, 0.2) is 5.82 Å². The first-order valence-electron chi connectivity index (χ1n) is 9.03. The predicted octanol–water partition coefficient (Wildman–Crippen LogP) is 4.32. The number of aromatic nitrogens is 1. The molecule has 0 aliphatic heterocycles. The standard InChI is InChI=1S/C22H16FNO6S/c1-28-20(25)13-14(21(26)29-2)18(22(27)30-3)24-16(11-7-5-4-6-8-11)15(23)12-9-10-31-19(12)17(13)24/h4-10H,1-3H3. The highest BCUT2D eigenvalue weighted by Gasteiger charge is 2.37.